The summed E-state index contributed by atoms with van der Waals surface area (Å²) in [4.78, 5) is 15.5. The summed E-state index contributed by atoms with van der Waals surface area (Å²) in [5.41, 5.74) is 1.87. The summed E-state index contributed by atoms with van der Waals surface area (Å²) in [6, 6.07) is 15.7. The summed E-state index contributed by atoms with van der Waals surface area (Å²) in [5, 5.41) is 0. The second-order valence-electron chi connectivity index (χ2n) is 7.40. The molecule has 0 aromatic heterocycles. The van der Waals surface area contributed by atoms with Crippen molar-refractivity contribution < 1.29 is 19.0 Å². The van der Waals surface area contributed by atoms with Gasteiger partial charge in [0.05, 0.1) is 19.1 Å². The number of para-hydroxylation sites is 2. The first kappa shape index (κ1) is 16.8. The molecule has 0 saturated carbocycles. The van der Waals surface area contributed by atoms with Gasteiger partial charge < -0.3 is 19.1 Å². The van der Waals surface area contributed by atoms with Gasteiger partial charge in [-0.15, -0.1) is 0 Å². The Labute approximate surface area is 158 Å². The second kappa shape index (κ2) is 6.66. The zero-order chi connectivity index (χ0) is 18.3. The van der Waals surface area contributed by atoms with E-state index < -0.39 is 5.79 Å². The molecule has 0 aliphatic carbocycles. The molecule has 3 aliphatic rings. The number of amides is 1. The molecule has 5 rings (SSSR count). The smallest absolute Gasteiger partial charge is 0.234 e. The Balaban J connectivity index is 1.42. The second-order valence-corrected chi connectivity index (χ2v) is 7.40. The average Bonchev–Trinajstić information content (AvgIpc) is 2.73. The number of benzene rings is 2. The molecule has 3 heterocycles. The summed E-state index contributed by atoms with van der Waals surface area (Å²) < 4.78 is 17.8. The summed E-state index contributed by atoms with van der Waals surface area (Å²) in [7, 11) is 0. The lowest BCUT2D eigenvalue weighted by Crippen LogP contribution is -2.52. The molecule has 0 bridgehead atoms. The number of nitrogens with zero attached hydrogens (tertiary/aromatic N) is 1. The van der Waals surface area contributed by atoms with Gasteiger partial charge in [-0.2, -0.15) is 0 Å². The molecule has 5 nitrogen and oxygen atoms in total. The van der Waals surface area contributed by atoms with Crippen LogP contribution in [0.2, 0.25) is 0 Å². The van der Waals surface area contributed by atoms with Gasteiger partial charge in [-0.3, -0.25) is 4.79 Å². The fourth-order valence-corrected chi connectivity index (χ4v) is 4.33. The number of carbonyl (C=O) groups excluding carboxylic acids is 1. The predicted molar refractivity (Wildman–Crippen MR) is 99.9 cm³/mol. The van der Waals surface area contributed by atoms with Crippen LogP contribution in [0, 0.1) is 0 Å². The first-order valence-electron chi connectivity index (χ1n) is 9.68. The summed E-state index contributed by atoms with van der Waals surface area (Å²) in [5.74, 6) is 0.849. The van der Waals surface area contributed by atoms with Crippen molar-refractivity contribution >= 4 is 5.91 Å². The summed E-state index contributed by atoms with van der Waals surface area (Å²) in [6.07, 6.45) is 2.40. The summed E-state index contributed by atoms with van der Waals surface area (Å²) >= 11 is 0. The topological polar surface area (TPSA) is 48.0 Å². The van der Waals surface area contributed by atoms with Crippen molar-refractivity contribution in [1.29, 1.82) is 0 Å². The van der Waals surface area contributed by atoms with E-state index in [4.69, 9.17) is 14.2 Å². The van der Waals surface area contributed by atoms with Crippen molar-refractivity contribution in [3.8, 4) is 11.5 Å². The van der Waals surface area contributed by atoms with E-state index in [0.29, 0.717) is 13.1 Å². The number of likely N-dealkylation sites (tertiary alicyclic amines) is 1. The average molecular weight is 365 g/mol. The van der Waals surface area contributed by atoms with Crippen LogP contribution in [0.4, 0.5) is 0 Å². The van der Waals surface area contributed by atoms with Crippen molar-refractivity contribution in [1.82, 2.24) is 4.90 Å². The van der Waals surface area contributed by atoms with Crippen molar-refractivity contribution in [2.75, 3.05) is 26.3 Å². The molecule has 2 saturated heterocycles. The molecule has 27 heavy (non-hydrogen) atoms. The van der Waals surface area contributed by atoms with Crippen molar-refractivity contribution in [3.05, 3.63) is 59.7 Å². The van der Waals surface area contributed by atoms with Gasteiger partial charge in [0.2, 0.25) is 5.91 Å². The summed E-state index contributed by atoms with van der Waals surface area (Å²) in [6.45, 7) is 2.80. The lowest BCUT2D eigenvalue weighted by atomic mass is 9.86. The Kier molecular flexibility index (Phi) is 4.14. The van der Waals surface area contributed by atoms with Gasteiger partial charge >= 0.3 is 0 Å². The molecule has 0 radical (unpaired) electrons. The molecule has 2 aromatic carbocycles. The first-order chi connectivity index (χ1) is 13.3. The molecule has 1 amide bonds. The van der Waals surface area contributed by atoms with Crippen LogP contribution < -0.4 is 4.74 Å². The molecule has 0 atom stereocenters. The van der Waals surface area contributed by atoms with Gasteiger partial charge in [0, 0.05) is 37.1 Å². The SMILES string of the molecule is O=C(C1c2ccccc2Oc2ccccc21)N1CCC2(CC1)OCCCO2. The number of rotatable bonds is 1. The van der Waals surface area contributed by atoms with E-state index in [1.54, 1.807) is 0 Å². The minimum atomic E-state index is -0.486. The quantitative estimate of drug-likeness (QED) is 0.774. The van der Waals surface area contributed by atoms with Gasteiger partial charge in [-0.1, -0.05) is 36.4 Å². The zero-order valence-electron chi connectivity index (χ0n) is 15.2. The van der Waals surface area contributed by atoms with E-state index >= 15 is 0 Å². The van der Waals surface area contributed by atoms with Crippen LogP contribution in [-0.2, 0) is 14.3 Å². The number of hydrogen-bond donors (Lipinski definition) is 0. The molecule has 0 unspecified atom stereocenters. The highest BCUT2D eigenvalue weighted by Crippen LogP contribution is 2.45. The monoisotopic (exact) mass is 365 g/mol. The van der Waals surface area contributed by atoms with Crippen LogP contribution in [0.3, 0.4) is 0 Å². The lowest BCUT2D eigenvalue weighted by Gasteiger charge is -2.44. The molecule has 2 aromatic rings. The minimum absolute atomic E-state index is 0.129. The maximum atomic E-state index is 13.5. The van der Waals surface area contributed by atoms with Gasteiger partial charge in [0.25, 0.3) is 0 Å². The Hall–Kier alpha value is -2.37. The molecule has 3 aliphatic heterocycles. The standard InChI is InChI=1S/C22H23NO4/c24-21(23-12-10-22(11-13-23)25-14-5-15-26-22)20-16-6-1-3-8-18(16)27-19-9-4-2-7-17(19)20/h1-4,6-9,20H,5,10-15H2. The third kappa shape index (κ3) is 2.91. The van der Waals surface area contributed by atoms with E-state index in [0.717, 1.165) is 55.1 Å². The number of carbonyl (C=O) groups is 1. The van der Waals surface area contributed by atoms with Crippen molar-refractivity contribution in [2.24, 2.45) is 0 Å². The maximum Gasteiger partial charge on any atom is 0.234 e. The Morgan fingerprint density at radius 1 is 0.889 bits per heavy atom. The molecular weight excluding hydrogens is 342 g/mol. The molecular formula is C22H23NO4. The Morgan fingerprint density at radius 2 is 1.44 bits per heavy atom. The largest absolute Gasteiger partial charge is 0.457 e. The van der Waals surface area contributed by atoms with Crippen LogP contribution in [0.15, 0.2) is 48.5 Å². The highest BCUT2D eigenvalue weighted by atomic mass is 16.7. The fraction of sp³-hybridized carbons (Fsp3) is 0.409. The fourth-order valence-electron chi connectivity index (χ4n) is 4.33. The van der Waals surface area contributed by atoms with Crippen LogP contribution in [-0.4, -0.2) is 42.9 Å². The Morgan fingerprint density at radius 3 is 2.04 bits per heavy atom. The van der Waals surface area contributed by atoms with Crippen LogP contribution in [0.5, 0.6) is 11.5 Å². The zero-order valence-corrected chi connectivity index (χ0v) is 15.2. The molecule has 0 N–H and O–H groups in total. The Bertz CT molecular complexity index is 803. The van der Waals surface area contributed by atoms with Crippen LogP contribution in [0.1, 0.15) is 36.3 Å². The van der Waals surface area contributed by atoms with E-state index in [2.05, 4.69) is 0 Å². The van der Waals surface area contributed by atoms with E-state index in [9.17, 15) is 4.79 Å². The maximum absolute atomic E-state index is 13.5. The van der Waals surface area contributed by atoms with E-state index in [-0.39, 0.29) is 11.8 Å². The minimum Gasteiger partial charge on any atom is -0.457 e. The number of piperidine rings is 1. The number of hydrogen-bond acceptors (Lipinski definition) is 4. The molecule has 1 spiro atoms. The van der Waals surface area contributed by atoms with Gasteiger partial charge in [-0.05, 0) is 18.6 Å². The van der Waals surface area contributed by atoms with Crippen molar-refractivity contribution in [3.63, 3.8) is 0 Å². The molecule has 5 heteroatoms. The van der Waals surface area contributed by atoms with E-state index in [1.165, 1.54) is 0 Å². The third-order valence-corrected chi connectivity index (χ3v) is 5.78. The van der Waals surface area contributed by atoms with Gasteiger partial charge in [-0.25, -0.2) is 0 Å². The first-order valence-corrected chi connectivity index (χ1v) is 9.68. The third-order valence-electron chi connectivity index (χ3n) is 5.78. The predicted octanol–water partition coefficient (Wildman–Crippen LogP) is 3.68. The molecule has 140 valence electrons. The number of ether oxygens (including phenoxy) is 3. The highest BCUT2D eigenvalue weighted by Gasteiger charge is 2.42. The normalized spacial score (nSPS) is 21.3. The lowest BCUT2D eigenvalue weighted by molar-refractivity contribution is -0.282. The van der Waals surface area contributed by atoms with E-state index in [1.807, 2.05) is 53.4 Å². The molecule has 2 fully saturated rings. The number of fused-ring (bicyclic) bond motifs is 2. The van der Waals surface area contributed by atoms with Crippen LogP contribution >= 0.6 is 0 Å². The van der Waals surface area contributed by atoms with Crippen molar-refractivity contribution in [2.45, 2.75) is 31.0 Å². The van der Waals surface area contributed by atoms with Gasteiger partial charge in [0.15, 0.2) is 5.79 Å². The van der Waals surface area contributed by atoms with Crippen LogP contribution in [0.25, 0.3) is 0 Å². The van der Waals surface area contributed by atoms with Gasteiger partial charge in [0.1, 0.15) is 11.5 Å². The highest BCUT2D eigenvalue weighted by molar-refractivity contribution is 5.89.